The fraction of sp³-hybridized carbons (Fsp3) is 0.385. The van der Waals surface area contributed by atoms with E-state index in [2.05, 4.69) is 10.6 Å². The van der Waals surface area contributed by atoms with Crippen LogP contribution >= 0.6 is 0 Å². The molecule has 110 valence electrons. The predicted molar refractivity (Wildman–Crippen MR) is 68.0 cm³/mol. The van der Waals surface area contributed by atoms with Crippen LogP contribution in [0, 0.1) is 0 Å². The number of carbonyl (C=O) groups is 2. The number of nitrogens with one attached hydrogen (secondary N) is 2. The fourth-order valence-electron chi connectivity index (χ4n) is 1.36. The molecule has 0 fully saturated rings. The second-order valence-corrected chi connectivity index (χ2v) is 5.24. The van der Waals surface area contributed by atoms with Crippen LogP contribution in [0.2, 0.25) is 0 Å². The molecule has 0 bridgehead atoms. The monoisotopic (exact) mass is 288 g/mol. The summed E-state index contributed by atoms with van der Waals surface area (Å²) >= 11 is 0. The quantitative estimate of drug-likeness (QED) is 0.780. The first-order valence-corrected chi connectivity index (χ1v) is 5.80. The molecule has 0 aliphatic heterocycles. The third-order valence-electron chi connectivity index (χ3n) is 2.14. The smallest absolute Gasteiger partial charge is 0.343 e. The Morgan fingerprint density at radius 1 is 1.05 bits per heavy atom. The maximum Gasteiger partial charge on any atom is 0.416 e. The molecule has 2 amide bonds. The highest BCUT2D eigenvalue weighted by molar-refractivity contribution is 6.39. The second-order valence-electron chi connectivity index (χ2n) is 5.24. The second kappa shape index (κ2) is 5.52. The summed E-state index contributed by atoms with van der Waals surface area (Å²) in [7, 11) is 0. The zero-order chi connectivity index (χ0) is 15.6. The van der Waals surface area contributed by atoms with Crippen LogP contribution in [-0.2, 0) is 15.8 Å². The maximum absolute atomic E-state index is 12.5. The van der Waals surface area contributed by atoms with E-state index in [-0.39, 0.29) is 5.69 Å². The Balaban J connectivity index is 2.79. The third-order valence-corrected chi connectivity index (χ3v) is 2.14. The van der Waals surface area contributed by atoms with Crippen LogP contribution in [0.1, 0.15) is 26.3 Å². The topological polar surface area (TPSA) is 58.2 Å². The predicted octanol–water partition coefficient (Wildman–Crippen LogP) is 2.56. The summed E-state index contributed by atoms with van der Waals surface area (Å²) in [5, 5.41) is 4.54. The standard InChI is InChI=1S/C13H15F3N2O2/c1-12(2,3)18-11(20)10(19)17-9-6-4-5-8(7-9)13(14,15)16/h4-7H,1-3H3,(H,17,19)(H,18,20). The van der Waals surface area contributed by atoms with Gasteiger partial charge >= 0.3 is 18.0 Å². The van der Waals surface area contributed by atoms with Gasteiger partial charge in [-0.25, -0.2) is 0 Å². The van der Waals surface area contributed by atoms with Crippen molar-refractivity contribution >= 4 is 17.5 Å². The average Bonchev–Trinajstić information content (AvgIpc) is 2.25. The molecule has 4 nitrogen and oxygen atoms in total. The molecule has 0 saturated heterocycles. The minimum Gasteiger partial charge on any atom is -0.343 e. The molecule has 20 heavy (non-hydrogen) atoms. The highest BCUT2D eigenvalue weighted by Crippen LogP contribution is 2.30. The maximum atomic E-state index is 12.5. The molecule has 0 atom stereocenters. The van der Waals surface area contributed by atoms with Gasteiger partial charge in [0.2, 0.25) is 0 Å². The Hall–Kier alpha value is -2.05. The Labute approximate surface area is 114 Å². The van der Waals surface area contributed by atoms with Gasteiger partial charge in [-0.3, -0.25) is 9.59 Å². The molecule has 7 heteroatoms. The van der Waals surface area contributed by atoms with Gasteiger partial charge < -0.3 is 10.6 Å². The van der Waals surface area contributed by atoms with Crippen LogP contribution in [0.5, 0.6) is 0 Å². The van der Waals surface area contributed by atoms with Crippen molar-refractivity contribution in [3.8, 4) is 0 Å². The number of benzene rings is 1. The van der Waals surface area contributed by atoms with Crippen LogP contribution in [0.15, 0.2) is 24.3 Å². The van der Waals surface area contributed by atoms with E-state index in [0.717, 1.165) is 18.2 Å². The lowest BCUT2D eigenvalue weighted by Gasteiger charge is -2.20. The van der Waals surface area contributed by atoms with Gasteiger partial charge in [-0.2, -0.15) is 13.2 Å². The van der Waals surface area contributed by atoms with Crippen molar-refractivity contribution in [3.63, 3.8) is 0 Å². The SMILES string of the molecule is CC(C)(C)NC(=O)C(=O)Nc1cccc(C(F)(F)F)c1. The van der Waals surface area contributed by atoms with Gasteiger partial charge in [-0.05, 0) is 39.0 Å². The molecular formula is C13H15F3N2O2. The summed E-state index contributed by atoms with van der Waals surface area (Å²) in [6.45, 7) is 5.05. The summed E-state index contributed by atoms with van der Waals surface area (Å²) in [5.74, 6) is -1.92. The summed E-state index contributed by atoms with van der Waals surface area (Å²) in [5.41, 5.74) is -1.59. The number of anilines is 1. The third kappa shape index (κ3) is 4.91. The molecule has 1 rings (SSSR count). The lowest BCUT2D eigenvalue weighted by Crippen LogP contribution is -2.46. The first-order valence-electron chi connectivity index (χ1n) is 5.80. The van der Waals surface area contributed by atoms with Gasteiger partial charge in [0.25, 0.3) is 0 Å². The van der Waals surface area contributed by atoms with Crippen molar-refractivity contribution in [2.75, 3.05) is 5.32 Å². The van der Waals surface area contributed by atoms with Crippen LogP contribution in [0.4, 0.5) is 18.9 Å². The summed E-state index contributed by atoms with van der Waals surface area (Å²) in [6.07, 6.45) is -4.51. The Morgan fingerprint density at radius 3 is 2.15 bits per heavy atom. The first kappa shape index (κ1) is 16.0. The largest absolute Gasteiger partial charge is 0.416 e. The van der Waals surface area contributed by atoms with E-state index in [1.165, 1.54) is 6.07 Å². The average molecular weight is 288 g/mol. The van der Waals surface area contributed by atoms with E-state index in [4.69, 9.17) is 0 Å². The number of rotatable bonds is 1. The molecule has 0 aliphatic carbocycles. The van der Waals surface area contributed by atoms with Gasteiger partial charge in [0.1, 0.15) is 0 Å². The van der Waals surface area contributed by atoms with Crippen molar-refractivity contribution in [1.82, 2.24) is 5.32 Å². The van der Waals surface area contributed by atoms with Crippen molar-refractivity contribution in [2.24, 2.45) is 0 Å². The van der Waals surface area contributed by atoms with Gasteiger partial charge in [0.05, 0.1) is 5.56 Å². The highest BCUT2D eigenvalue weighted by Gasteiger charge is 2.30. The van der Waals surface area contributed by atoms with E-state index in [1.807, 2.05) is 0 Å². The Kier molecular flexibility index (Phi) is 4.42. The number of halogens is 3. The number of alkyl halides is 3. The molecule has 0 aromatic heterocycles. The normalized spacial score (nSPS) is 11.9. The van der Waals surface area contributed by atoms with E-state index in [9.17, 15) is 22.8 Å². The minimum absolute atomic E-state index is 0.0890. The molecule has 0 spiro atoms. The lowest BCUT2D eigenvalue weighted by atomic mass is 10.1. The number of carbonyl (C=O) groups excluding carboxylic acids is 2. The molecule has 2 N–H and O–H groups in total. The fourth-order valence-corrected chi connectivity index (χ4v) is 1.36. The van der Waals surface area contributed by atoms with E-state index in [0.29, 0.717) is 0 Å². The molecular weight excluding hydrogens is 273 g/mol. The van der Waals surface area contributed by atoms with E-state index < -0.39 is 29.1 Å². The van der Waals surface area contributed by atoms with Crippen molar-refractivity contribution in [1.29, 1.82) is 0 Å². The van der Waals surface area contributed by atoms with Gasteiger partial charge in [0.15, 0.2) is 0 Å². The highest BCUT2D eigenvalue weighted by atomic mass is 19.4. The molecule has 0 heterocycles. The Bertz CT molecular complexity index is 519. The van der Waals surface area contributed by atoms with Crippen LogP contribution < -0.4 is 10.6 Å². The van der Waals surface area contributed by atoms with E-state index in [1.54, 1.807) is 20.8 Å². The zero-order valence-corrected chi connectivity index (χ0v) is 11.3. The van der Waals surface area contributed by atoms with Gasteiger partial charge in [-0.1, -0.05) is 6.07 Å². The van der Waals surface area contributed by atoms with Gasteiger partial charge in [-0.15, -0.1) is 0 Å². The molecule has 1 aromatic carbocycles. The minimum atomic E-state index is -4.51. The summed E-state index contributed by atoms with van der Waals surface area (Å²) < 4.78 is 37.5. The van der Waals surface area contributed by atoms with Crippen LogP contribution in [0.3, 0.4) is 0 Å². The van der Waals surface area contributed by atoms with Crippen molar-refractivity contribution < 1.29 is 22.8 Å². The molecule has 0 saturated carbocycles. The van der Waals surface area contributed by atoms with Crippen molar-refractivity contribution in [3.05, 3.63) is 29.8 Å². The van der Waals surface area contributed by atoms with Crippen LogP contribution in [-0.4, -0.2) is 17.4 Å². The van der Waals surface area contributed by atoms with Crippen molar-refractivity contribution in [2.45, 2.75) is 32.5 Å². The first-order chi connectivity index (χ1) is 8.99. The molecule has 0 unspecified atom stereocenters. The zero-order valence-electron chi connectivity index (χ0n) is 11.3. The van der Waals surface area contributed by atoms with Crippen LogP contribution in [0.25, 0.3) is 0 Å². The molecule has 1 aromatic rings. The molecule has 0 radical (unpaired) electrons. The molecule has 0 aliphatic rings. The summed E-state index contributed by atoms with van der Waals surface area (Å²) in [4.78, 5) is 23.0. The lowest BCUT2D eigenvalue weighted by molar-refractivity contribution is -0.137. The van der Waals surface area contributed by atoms with Gasteiger partial charge in [0, 0.05) is 11.2 Å². The summed E-state index contributed by atoms with van der Waals surface area (Å²) in [6, 6.07) is 4.07. The number of hydrogen-bond acceptors (Lipinski definition) is 2. The Morgan fingerprint density at radius 2 is 1.65 bits per heavy atom. The van der Waals surface area contributed by atoms with E-state index >= 15 is 0 Å². The number of hydrogen-bond donors (Lipinski definition) is 2. The number of amides is 2.